The van der Waals surface area contributed by atoms with E-state index in [9.17, 15) is 14.4 Å². The van der Waals surface area contributed by atoms with E-state index in [0.717, 1.165) is 0 Å². The summed E-state index contributed by atoms with van der Waals surface area (Å²) in [6, 6.07) is 3.92. The smallest absolute Gasteiger partial charge is 0.335 e. The molecule has 0 spiro atoms. The van der Waals surface area contributed by atoms with Crippen molar-refractivity contribution in [3.05, 3.63) is 51.2 Å². The molecule has 19 heavy (non-hydrogen) atoms. The number of carbonyl (C=O) groups excluding carboxylic acids is 1. The van der Waals surface area contributed by atoms with E-state index in [4.69, 9.17) is 16.7 Å². The number of aromatic carboxylic acids is 1. The molecule has 98 valence electrons. The average Bonchev–Trinajstić information content (AvgIpc) is 2.75. The van der Waals surface area contributed by atoms with Gasteiger partial charge in [-0.1, -0.05) is 11.6 Å². The Bertz CT molecular complexity index is 704. The molecule has 1 aromatic heterocycles. The number of H-pyrrole nitrogens is 2. The predicted molar refractivity (Wildman–Crippen MR) is 67.8 cm³/mol. The number of aromatic nitrogens is 2. The van der Waals surface area contributed by atoms with Crippen LogP contribution in [0.25, 0.3) is 0 Å². The number of hydrogen-bond acceptors (Lipinski definition) is 3. The van der Waals surface area contributed by atoms with Crippen LogP contribution in [0.3, 0.4) is 0 Å². The maximum atomic E-state index is 11.7. The fraction of sp³-hybridized carbons (Fsp3) is 0. The van der Waals surface area contributed by atoms with E-state index in [-0.39, 0.29) is 22.0 Å². The Kier molecular flexibility index (Phi) is 3.39. The van der Waals surface area contributed by atoms with Gasteiger partial charge in [-0.3, -0.25) is 4.79 Å². The molecular formula is C11H8ClN3O4. The van der Waals surface area contributed by atoms with E-state index in [1.807, 2.05) is 0 Å². The minimum Gasteiger partial charge on any atom is -0.478 e. The molecule has 0 unspecified atom stereocenters. The standard InChI is InChI=1S/C11H8ClN3O4/c12-6-1-5(10(17)18)2-7(3-6)14-9(16)8-4-13-11(19)15-8/h1-4H,(H,14,16)(H,17,18)(H2,13,15,19). The lowest BCUT2D eigenvalue weighted by Crippen LogP contribution is -2.14. The number of aromatic amines is 2. The average molecular weight is 282 g/mol. The van der Waals surface area contributed by atoms with Crippen LogP contribution in [0.15, 0.2) is 29.2 Å². The van der Waals surface area contributed by atoms with Gasteiger partial charge in [0.1, 0.15) is 5.69 Å². The molecule has 0 atom stereocenters. The first-order valence-corrected chi connectivity index (χ1v) is 5.46. The second-order valence-corrected chi connectivity index (χ2v) is 4.08. The fourth-order valence-corrected chi connectivity index (χ4v) is 1.67. The Morgan fingerprint density at radius 2 is 2.00 bits per heavy atom. The SMILES string of the molecule is O=C(O)c1cc(Cl)cc(NC(=O)c2c[nH]c(=O)[nH]2)c1. The molecule has 1 aromatic carbocycles. The zero-order chi connectivity index (χ0) is 14.0. The molecule has 0 saturated carbocycles. The summed E-state index contributed by atoms with van der Waals surface area (Å²) >= 11 is 5.75. The summed E-state index contributed by atoms with van der Waals surface area (Å²) in [5.74, 6) is -1.75. The van der Waals surface area contributed by atoms with Crippen molar-refractivity contribution in [1.29, 1.82) is 0 Å². The summed E-state index contributed by atoms with van der Waals surface area (Å²) < 4.78 is 0. The number of hydrogen-bond donors (Lipinski definition) is 4. The van der Waals surface area contributed by atoms with Crippen molar-refractivity contribution < 1.29 is 14.7 Å². The maximum absolute atomic E-state index is 11.7. The van der Waals surface area contributed by atoms with E-state index in [1.54, 1.807) is 0 Å². The second-order valence-electron chi connectivity index (χ2n) is 3.64. The van der Waals surface area contributed by atoms with E-state index < -0.39 is 17.6 Å². The summed E-state index contributed by atoms with van der Waals surface area (Å²) in [6.07, 6.45) is 1.21. The van der Waals surface area contributed by atoms with Crippen LogP contribution in [0.2, 0.25) is 5.02 Å². The maximum Gasteiger partial charge on any atom is 0.335 e. The molecule has 4 N–H and O–H groups in total. The van der Waals surface area contributed by atoms with Crippen LogP contribution in [0.1, 0.15) is 20.8 Å². The molecule has 1 amide bonds. The molecular weight excluding hydrogens is 274 g/mol. The summed E-state index contributed by atoms with van der Waals surface area (Å²) in [6.45, 7) is 0. The topological polar surface area (TPSA) is 115 Å². The van der Waals surface area contributed by atoms with Gasteiger partial charge in [0.05, 0.1) is 5.56 Å². The van der Waals surface area contributed by atoms with Gasteiger partial charge in [0, 0.05) is 16.9 Å². The molecule has 0 fully saturated rings. The molecule has 0 aliphatic rings. The third kappa shape index (κ3) is 3.02. The highest BCUT2D eigenvalue weighted by atomic mass is 35.5. The van der Waals surface area contributed by atoms with Gasteiger partial charge in [0.2, 0.25) is 0 Å². The Balaban J connectivity index is 2.26. The van der Waals surface area contributed by atoms with E-state index >= 15 is 0 Å². The first-order chi connectivity index (χ1) is 8.95. The molecule has 8 heteroatoms. The lowest BCUT2D eigenvalue weighted by Gasteiger charge is -2.05. The van der Waals surface area contributed by atoms with Gasteiger partial charge in [0.25, 0.3) is 5.91 Å². The normalized spacial score (nSPS) is 10.2. The van der Waals surface area contributed by atoms with Gasteiger partial charge in [-0.15, -0.1) is 0 Å². The van der Waals surface area contributed by atoms with Crippen LogP contribution >= 0.6 is 11.6 Å². The monoisotopic (exact) mass is 281 g/mol. The van der Waals surface area contributed by atoms with Crippen molar-refractivity contribution in [3.8, 4) is 0 Å². The van der Waals surface area contributed by atoms with Crippen LogP contribution < -0.4 is 11.0 Å². The lowest BCUT2D eigenvalue weighted by atomic mass is 10.2. The van der Waals surface area contributed by atoms with Gasteiger partial charge in [0.15, 0.2) is 0 Å². The van der Waals surface area contributed by atoms with Crippen molar-refractivity contribution >= 4 is 29.2 Å². The summed E-state index contributed by atoms with van der Waals surface area (Å²) in [5.41, 5.74) is -0.313. The van der Waals surface area contributed by atoms with Crippen molar-refractivity contribution in [1.82, 2.24) is 9.97 Å². The minimum absolute atomic E-state index is 0.0295. The number of carboxylic acids is 1. The van der Waals surface area contributed by atoms with Crippen LogP contribution in [0.4, 0.5) is 5.69 Å². The van der Waals surface area contributed by atoms with Gasteiger partial charge in [-0.25, -0.2) is 9.59 Å². The minimum atomic E-state index is -1.16. The van der Waals surface area contributed by atoms with E-state index in [2.05, 4.69) is 15.3 Å². The van der Waals surface area contributed by atoms with Crippen LogP contribution in [0, 0.1) is 0 Å². The largest absolute Gasteiger partial charge is 0.478 e. The third-order valence-electron chi connectivity index (χ3n) is 2.24. The van der Waals surface area contributed by atoms with Gasteiger partial charge in [-0.2, -0.15) is 0 Å². The molecule has 7 nitrogen and oxygen atoms in total. The Labute approximate surface area is 111 Å². The van der Waals surface area contributed by atoms with Crippen LogP contribution in [0.5, 0.6) is 0 Å². The Hall–Kier alpha value is -2.54. The number of imidazole rings is 1. The van der Waals surface area contributed by atoms with Gasteiger partial charge in [-0.05, 0) is 18.2 Å². The summed E-state index contributed by atoms with van der Waals surface area (Å²) in [7, 11) is 0. The van der Waals surface area contributed by atoms with Gasteiger partial charge >= 0.3 is 11.7 Å². The van der Waals surface area contributed by atoms with Crippen molar-refractivity contribution in [2.24, 2.45) is 0 Å². The number of carboxylic acid groups (broad SMARTS) is 1. The number of anilines is 1. The molecule has 2 aromatic rings. The quantitative estimate of drug-likeness (QED) is 0.679. The third-order valence-corrected chi connectivity index (χ3v) is 2.46. The number of rotatable bonds is 3. The molecule has 0 bridgehead atoms. The van der Waals surface area contributed by atoms with Crippen LogP contribution in [-0.2, 0) is 0 Å². The summed E-state index contributed by atoms with van der Waals surface area (Å²) in [5, 5.41) is 11.5. The number of benzene rings is 1. The molecule has 1 heterocycles. The van der Waals surface area contributed by atoms with Crippen molar-refractivity contribution in [2.45, 2.75) is 0 Å². The predicted octanol–water partition coefficient (Wildman–Crippen LogP) is 1.31. The highest BCUT2D eigenvalue weighted by Gasteiger charge is 2.11. The molecule has 2 rings (SSSR count). The van der Waals surface area contributed by atoms with Crippen molar-refractivity contribution in [2.75, 3.05) is 5.32 Å². The molecule has 0 aliphatic carbocycles. The zero-order valence-corrected chi connectivity index (χ0v) is 10.1. The lowest BCUT2D eigenvalue weighted by molar-refractivity contribution is 0.0696. The number of amides is 1. The van der Waals surface area contributed by atoms with Crippen molar-refractivity contribution in [3.63, 3.8) is 0 Å². The molecule has 0 saturated heterocycles. The van der Waals surface area contributed by atoms with Gasteiger partial charge < -0.3 is 20.4 Å². The van der Waals surface area contributed by atoms with Crippen LogP contribution in [-0.4, -0.2) is 27.0 Å². The first kappa shape index (κ1) is 12.9. The molecule has 0 aliphatic heterocycles. The Morgan fingerprint density at radius 1 is 1.26 bits per heavy atom. The zero-order valence-electron chi connectivity index (χ0n) is 9.36. The number of nitrogens with one attached hydrogen (secondary N) is 3. The second kappa shape index (κ2) is 4.99. The van der Waals surface area contributed by atoms with E-state index in [0.29, 0.717) is 0 Å². The van der Waals surface area contributed by atoms with E-state index in [1.165, 1.54) is 24.4 Å². The highest BCUT2D eigenvalue weighted by molar-refractivity contribution is 6.31. The fourth-order valence-electron chi connectivity index (χ4n) is 1.44. The molecule has 0 radical (unpaired) electrons. The Morgan fingerprint density at radius 3 is 2.58 bits per heavy atom. The number of carbonyl (C=O) groups is 2. The first-order valence-electron chi connectivity index (χ1n) is 5.08. The number of halogens is 1. The highest BCUT2D eigenvalue weighted by Crippen LogP contribution is 2.19. The summed E-state index contributed by atoms with van der Waals surface area (Å²) in [4.78, 5) is 38.0.